The zero-order chi connectivity index (χ0) is 14.1. The molecule has 0 spiro atoms. The third kappa shape index (κ3) is 5.65. The number of rotatable bonds is 9. The summed E-state index contributed by atoms with van der Waals surface area (Å²) in [5.74, 6) is 0. The van der Waals surface area contributed by atoms with E-state index in [2.05, 4.69) is 62.2 Å². The highest BCUT2D eigenvalue weighted by atomic mass is 15.1. The first-order valence-corrected chi connectivity index (χ1v) is 7.76. The number of anilines is 1. The zero-order valence-electron chi connectivity index (χ0n) is 13.1. The highest BCUT2D eigenvalue weighted by Crippen LogP contribution is 2.16. The van der Waals surface area contributed by atoms with Gasteiger partial charge in [0.25, 0.3) is 0 Å². The summed E-state index contributed by atoms with van der Waals surface area (Å²) >= 11 is 0. The first kappa shape index (κ1) is 16.0. The Balaban J connectivity index is 2.45. The van der Waals surface area contributed by atoms with Gasteiger partial charge in [-0.1, -0.05) is 26.0 Å². The third-order valence-electron chi connectivity index (χ3n) is 3.71. The van der Waals surface area contributed by atoms with E-state index in [0.717, 1.165) is 19.6 Å². The van der Waals surface area contributed by atoms with Crippen molar-refractivity contribution in [2.45, 2.75) is 53.0 Å². The number of benzene rings is 1. The van der Waals surface area contributed by atoms with E-state index in [0.29, 0.717) is 6.04 Å². The Morgan fingerprint density at radius 3 is 2.58 bits per heavy atom. The van der Waals surface area contributed by atoms with Crippen LogP contribution < -0.4 is 10.2 Å². The van der Waals surface area contributed by atoms with Gasteiger partial charge in [0.05, 0.1) is 0 Å². The smallest absolute Gasteiger partial charge is 0.0368 e. The highest BCUT2D eigenvalue weighted by Gasteiger charge is 2.07. The van der Waals surface area contributed by atoms with Crippen LogP contribution in [0.5, 0.6) is 0 Å². The average molecular weight is 262 g/mol. The van der Waals surface area contributed by atoms with E-state index in [1.165, 1.54) is 30.5 Å². The van der Waals surface area contributed by atoms with E-state index in [9.17, 15) is 0 Å². The van der Waals surface area contributed by atoms with Gasteiger partial charge in [-0.2, -0.15) is 0 Å². The van der Waals surface area contributed by atoms with Gasteiger partial charge in [-0.3, -0.25) is 0 Å². The molecule has 1 atom stereocenters. The minimum Gasteiger partial charge on any atom is -0.372 e. The summed E-state index contributed by atoms with van der Waals surface area (Å²) in [5.41, 5.74) is 2.70. The Labute approximate surface area is 119 Å². The van der Waals surface area contributed by atoms with Crippen LogP contribution in [0, 0.1) is 6.92 Å². The van der Waals surface area contributed by atoms with Gasteiger partial charge >= 0.3 is 0 Å². The molecule has 108 valence electrons. The standard InChI is InChI=1S/C17H30N2/c1-5-16(18-6-2)11-9-13-19(7-3)17-12-8-10-15(4)14-17/h8,10,12,14,16,18H,5-7,9,11,13H2,1-4H3. The molecular formula is C17H30N2. The minimum atomic E-state index is 0.682. The van der Waals surface area contributed by atoms with Crippen molar-refractivity contribution < 1.29 is 0 Å². The maximum Gasteiger partial charge on any atom is 0.0368 e. The highest BCUT2D eigenvalue weighted by molar-refractivity contribution is 5.48. The van der Waals surface area contributed by atoms with Gasteiger partial charge < -0.3 is 10.2 Å². The molecule has 0 heterocycles. The van der Waals surface area contributed by atoms with Gasteiger partial charge in [-0.05, 0) is 57.4 Å². The van der Waals surface area contributed by atoms with Crippen LogP contribution in [0.2, 0.25) is 0 Å². The van der Waals surface area contributed by atoms with Crippen LogP contribution in [0.15, 0.2) is 24.3 Å². The molecule has 0 amide bonds. The van der Waals surface area contributed by atoms with Crippen LogP contribution in [-0.4, -0.2) is 25.7 Å². The number of nitrogens with zero attached hydrogens (tertiary/aromatic N) is 1. The molecule has 1 rings (SSSR count). The third-order valence-corrected chi connectivity index (χ3v) is 3.71. The summed E-state index contributed by atoms with van der Waals surface area (Å²) in [6.07, 6.45) is 3.75. The molecule has 1 aromatic carbocycles. The fourth-order valence-corrected chi connectivity index (χ4v) is 2.56. The van der Waals surface area contributed by atoms with Crippen molar-refractivity contribution in [3.05, 3.63) is 29.8 Å². The van der Waals surface area contributed by atoms with Gasteiger partial charge in [-0.25, -0.2) is 0 Å². The van der Waals surface area contributed by atoms with Crippen molar-refractivity contribution in [1.29, 1.82) is 0 Å². The Morgan fingerprint density at radius 2 is 2.00 bits per heavy atom. The normalized spacial score (nSPS) is 12.4. The molecule has 1 aromatic rings. The fourth-order valence-electron chi connectivity index (χ4n) is 2.56. The molecule has 0 fully saturated rings. The lowest BCUT2D eigenvalue weighted by molar-refractivity contribution is 0.466. The number of hydrogen-bond acceptors (Lipinski definition) is 2. The van der Waals surface area contributed by atoms with Crippen LogP contribution in [0.25, 0.3) is 0 Å². The van der Waals surface area contributed by atoms with Gasteiger partial charge in [0.15, 0.2) is 0 Å². The molecule has 2 heteroatoms. The van der Waals surface area contributed by atoms with E-state index in [4.69, 9.17) is 0 Å². The van der Waals surface area contributed by atoms with Crippen molar-refractivity contribution in [2.75, 3.05) is 24.5 Å². The maximum atomic E-state index is 3.55. The van der Waals surface area contributed by atoms with Crippen LogP contribution in [0.4, 0.5) is 5.69 Å². The van der Waals surface area contributed by atoms with Crippen molar-refractivity contribution in [3.63, 3.8) is 0 Å². The summed E-state index contributed by atoms with van der Waals surface area (Å²) in [6.45, 7) is 12.2. The minimum absolute atomic E-state index is 0.682. The Kier molecular flexibility index (Phi) is 7.57. The molecular weight excluding hydrogens is 232 g/mol. The summed E-state index contributed by atoms with van der Waals surface area (Å²) < 4.78 is 0. The first-order chi connectivity index (χ1) is 9.21. The topological polar surface area (TPSA) is 15.3 Å². The van der Waals surface area contributed by atoms with Crippen molar-refractivity contribution in [2.24, 2.45) is 0 Å². The van der Waals surface area contributed by atoms with E-state index in [-0.39, 0.29) is 0 Å². The summed E-state index contributed by atoms with van der Waals surface area (Å²) in [4.78, 5) is 2.48. The second-order valence-corrected chi connectivity index (χ2v) is 5.22. The van der Waals surface area contributed by atoms with Crippen LogP contribution in [0.3, 0.4) is 0 Å². The van der Waals surface area contributed by atoms with E-state index < -0.39 is 0 Å². The monoisotopic (exact) mass is 262 g/mol. The molecule has 0 saturated heterocycles. The molecule has 1 unspecified atom stereocenters. The van der Waals surface area contributed by atoms with Crippen LogP contribution >= 0.6 is 0 Å². The Bertz CT molecular complexity index is 349. The molecule has 0 bridgehead atoms. The average Bonchev–Trinajstić information content (AvgIpc) is 2.42. The summed E-state index contributed by atoms with van der Waals surface area (Å²) in [6, 6.07) is 9.50. The maximum absolute atomic E-state index is 3.55. The number of nitrogens with one attached hydrogen (secondary N) is 1. The Hall–Kier alpha value is -1.02. The fraction of sp³-hybridized carbons (Fsp3) is 0.647. The zero-order valence-corrected chi connectivity index (χ0v) is 13.1. The lowest BCUT2D eigenvalue weighted by Crippen LogP contribution is -2.30. The van der Waals surface area contributed by atoms with Crippen molar-refractivity contribution in [1.82, 2.24) is 5.32 Å². The van der Waals surface area contributed by atoms with Gasteiger partial charge in [0, 0.05) is 24.8 Å². The summed E-state index contributed by atoms with van der Waals surface area (Å²) in [7, 11) is 0. The molecule has 0 saturated carbocycles. The molecule has 0 aliphatic heterocycles. The van der Waals surface area contributed by atoms with Crippen LogP contribution in [0.1, 0.15) is 45.6 Å². The predicted molar refractivity (Wildman–Crippen MR) is 86.1 cm³/mol. The SMILES string of the molecule is CCNC(CC)CCCN(CC)c1cccc(C)c1. The lowest BCUT2D eigenvalue weighted by atomic mass is 10.1. The second kappa shape index (κ2) is 8.98. The van der Waals surface area contributed by atoms with Gasteiger partial charge in [-0.15, -0.1) is 0 Å². The molecule has 0 aliphatic rings. The quantitative estimate of drug-likeness (QED) is 0.724. The van der Waals surface area contributed by atoms with Crippen LogP contribution in [-0.2, 0) is 0 Å². The molecule has 1 N–H and O–H groups in total. The first-order valence-electron chi connectivity index (χ1n) is 7.76. The molecule has 2 nitrogen and oxygen atoms in total. The molecule has 19 heavy (non-hydrogen) atoms. The number of hydrogen-bond donors (Lipinski definition) is 1. The molecule has 0 aliphatic carbocycles. The second-order valence-electron chi connectivity index (χ2n) is 5.22. The molecule has 0 aromatic heterocycles. The summed E-state index contributed by atoms with van der Waals surface area (Å²) in [5, 5.41) is 3.55. The van der Waals surface area contributed by atoms with E-state index in [1.54, 1.807) is 0 Å². The van der Waals surface area contributed by atoms with Crippen molar-refractivity contribution in [3.8, 4) is 0 Å². The molecule has 0 radical (unpaired) electrons. The van der Waals surface area contributed by atoms with Gasteiger partial charge in [0.2, 0.25) is 0 Å². The predicted octanol–water partition coefficient (Wildman–Crippen LogP) is 3.99. The van der Waals surface area contributed by atoms with E-state index in [1.807, 2.05) is 0 Å². The largest absolute Gasteiger partial charge is 0.372 e. The number of aryl methyl sites for hydroxylation is 1. The van der Waals surface area contributed by atoms with E-state index >= 15 is 0 Å². The van der Waals surface area contributed by atoms with Gasteiger partial charge in [0.1, 0.15) is 0 Å². The Morgan fingerprint density at radius 1 is 1.21 bits per heavy atom. The lowest BCUT2D eigenvalue weighted by Gasteiger charge is -2.25. The van der Waals surface area contributed by atoms with Crippen molar-refractivity contribution >= 4 is 5.69 Å².